The van der Waals surface area contributed by atoms with Crippen LogP contribution in [0.2, 0.25) is 15.1 Å². The third kappa shape index (κ3) is 4.03. The van der Waals surface area contributed by atoms with Gasteiger partial charge >= 0.3 is 5.97 Å². The molecular weight excluding hydrogens is 333 g/mol. The summed E-state index contributed by atoms with van der Waals surface area (Å²) in [6, 6.07) is 10.1. The number of ether oxygens (including phenoxy) is 1. The van der Waals surface area contributed by atoms with Crippen molar-refractivity contribution in [3.05, 3.63) is 62.6 Å². The topological polar surface area (TPSA) is 38.3 Å². The highest BCUT2D eigenvalue weighted by atomic mass is 35.5. The van der Waals surface area contributed by atoms with Crippen molar-refractivity contribution in [2.75, 3.05) is 12.4 Å². The molecule has 21 heavy (non-hydrogen) atoms. The van der Waals surface area contributed by atoms with E-state index in [0.29, 0.717) is 32.9 Å². The molecule has 0 amide bonds. The average Bonchev–Trinajstić information content (AvgIpc) is 2.45. The zero-order valence-corrected chi connectivity index (χ0v) is 13.4. The number of nitrogens with one attached hydrogen (secondary N) is 1. The third-order valence-corrected chi connectivity index (χ3v) is 3.69. The molecule has 2 aromatic rings. The van der Waals surface area contributed by atoms with Gasteiger partial charge in [-0.05, 0) is 35.9 Å². The monoisotopic (exact) mass is 343 g/mol. The number of carbonyl (C=O) groups excluding carboxylic acids is 1. The third-order valence-electron chi connectivity index (χ3n) is 2.87. The first kappa shape index (κ1) is 16.0. The molecule has 0 spiro atoms. The van der Waals surface area contributed by atoms with E-state index in [0.717, 1.165) is 5.56 Å². The Morgan fingerprint density at radius 2 is 1.76 bits per heavy atom. The van der Waals surface area contributed by atoms with Crippen molar-refractivity contribution in [1.29, 1.82) is 0 Å². The van der Waals surface area contributed by atoms with Gasteiger partial charge in [0.25, 0.3) is 0 Å². The molecule has 0 saturated carbocycles. The molecular formula is C15H12Cl3NO2. The van der Waals surface area contributed by atoms with Crippen LogP contribution in [0.25, 0.3) is 0 Å². The first-order valence-corrected chi connectivity index (χ1v) is 7.20. The van der Waals surface area contributed by atoms with Gasteiger partial charge in [0.15, 0.2) is 0 Å². The van der Waals surface area contributed by atoms with E-state index in [1.165, 1.54) is 7.11 Å². The van der Waals surface area contributed by atoms with Crippen molar-refractivity contribution in [3.63, 3.8) is 0 Å². The SMILES string of the molecule is COC(=O)c1ccc(Cl)cc1NCc1ccc(Cl)cc1Cl. The average molecular weight is 345 g/mol. The predicted molar refractivity (Wildman–Crippen MR) is 86.6 cm³/mol. The van der Waals surface area contributed by atoms with Crippen molar-refractivity contribution >= 4 is 46.5 Å². The lowest BCUT2D eigenvalue weighted by Gasteiger charge is -2.12. The normalized spacial score (nSPS) is 10.3. The van der Waals surface area contributed by atoms with E-state index in [-0.39, 0.29) is 0 Å². The minimum Gasteiger partial charge on any atom is -0.465 e. The molecule has 6 heteroatoms. The maximum absolute atomic E-state index is 11.7. The van der Waals surface area contributed by atoms with Gasteiger partial charge in [0.2, 0.25) is 0 Å². The van der Waals surface area contributed by atoms with Gasteiger partial charge in [0, 0.05) is 21.6 Å². The van der Waals surface area contributed by atoms with E-state index in [9.17, 15) is 4.79 Å². The Balaban J connectivity index is 2.23. The minimum atomic E-state index is -0.434. The molecule has 0 aliphatic carbocycles. The number of halogens is 3. The highest BCUT2D eigenvalue weighted by Crippen LogP contribution is 2.25. The summed E-state index contributed by atoms with van der Waals surface area (Å²) in [5, 5.41) is 4.78. The second-order valence-corrected chi connectivity index (χ2v) is 5.55. The summed E-state index contributed by atoms with van der Waals surface area (Å²) >= 11 is 17.9. The maximum atomic E-state index is 11.7. The Bertz CT molecular complexity index is 674. The van der Waals surface area contributed by atoms with E-state index < -0.39 is 5.97 Å². The zero-order valence-electron chi connectivity index (χ0n) is 11.1. The molecule has 0 bridgehead atoms. The van der Waals surface area contributed by atoms with Crippen LogP contribution in [0.15, 0.2) is 36.4 Å². The van der Waals surface area contributed by atoms with Crippen molar-refractivity contribution in [1.82, 2.24) is 0 Å². The van der Waals surface area contributed by atoms with Gasteiger partial charge in [-0.15, -0.1) is 0 Å². The number of esters is 1. The molecule has 0 unspecified atom stereocenters. The first-order chi connectivity index (χ1) is 10.0. The lowest BCUT2D eigenvalue weighted by Crippen LogP contribution is -2.08. The molecule has 1 N–H and O–H groups in total. The van der Waals surface area contributed by atoms with Gasteiger partial charge in [0.1, 0.15) is 0 Å². The summed E-state index contributed by atoms with van der Waals surface area (Å²) in [5.41, 5.74) is 1.85. The minimum absolute atomic E-state index is 0.409. The Labute approximate surface area is 137 Å². The van der Waals surface area contributed by atoms with E-state index in [4.69, 9.17) is 39.5 Å². The summed E-state index contributed by atoms with van der Waals surface area (Å²) < 4.78 is 4.74. The molecule has 0 fully saturated rings. The fourth-order valence-electron chi connectivity index (χ4n) is 1.81. The fourth-order valence-corrected chi connectivity index (χ4v) is 2.45. The van der Waals surface area contributed by atoms with Crippen LogP contribution < -0.4 is 5.32 Å². The molecule has 0 aliphatic heterocycles. The summed E-state index contributed by atoms with van der Waals surface area (Å²) in [6.07, 6.45) is 0. The van der Waals surface area contributed by atoms with Crippen LogP contribution >= 0.6 is 34.8 Å². The smallest absolute Gasteiger partial charge is 0.339 e. The van der Waals surface area contributed by atoms with Gasteiger partial charge in [-0.2, -0.15) is 0 Å². The second-order valence-electron chi connectivity index (χ2n) is 4.27. The lowest BCUT2D eigenvalue weighted by molar-refractivity contribution is 0.0602. The number of carbonyl (C=O) groups is 1. The van der Waals surface area contributed by atoms with E-state index in [2.05, 4.69) is 5.32 Å². The zero-order chi connectivity index (χ0) is 15.4. The van der Waals surface area contributed by atoms with Crippen molar-refractivity contribution in [3.8, 4) is 0 Å². The maximum Gasteiger partial charge on any atom is 0.339 e. The molecule has 110 valence electrons. The molecule has 3 nitrogen and oxygen atoms in total. The van der Waals surface area contributed by atoms with Crippen LogP contribution in [-0.4, -0.2) is 13.1 Å². The summed E-state index contributed by atoms with van der Waals surface area (Å²) in [7, 11) is 1.33. The number of hydrogen-bond acceptors (Lipinski definition) is 3. The predicted octanol–water partition coefficient (Wildman–Crippen LogP) is 5.05. The molecule has 0 saturated heterocycles. The summed E-state index contributed by atoms with van der Waals surface area (Å²) in [6.45, 7) is 0.431. The number of anilines is 1. The van der Waals surface area contributed by atoms with Gasteiger partial charge in [-0.3, -0.25) is 0 Å². The quantitative estimate of drug-likeness (QED) is 0.789. The van der Waals surface area contributed by atoms with Crippen molar-refractivity contribution in [2.45, 2.75) is 6.54 Å². The molecule has 0 aliphatic rings. The number of hydrogen-bond donors (Lipinski definition) is 1. The first-order valence-electron chi connectivity index (χ1n) is 6.07. The molecule has 2 aromatic carbocycles. The standard InChI is InChI=1S/C15H12Cl3NO2/c1-21-15(20)12-5-4-11(17)7-14(12)19-8-9-2-3-10(16)6-13(9)18/h2-7,19H,8H2,1H3. The number of benzene rings is 2. The van der Waals surface area contributed by atoms with Gasteiger partial charge < -0.3 is 10.1 Å². The van der Waals surface area contributed by atoms with Crippen LogP contribution in [-0.2, 0) is 11.3 Å². The second kappa shape index (κ2) is 7.03. The van der Waals surface area contributed by atoms with Crippen LogP contribution in [0.4, 0.5) is 5.69 Å². The summed E-state index contributed by atoms with van der Waals surface area (Å²) in [4.78, 5) is 11.7. The molecule has 0 aromatic heterocycles. The van der Waals surface area contributed by atoms with Crippen LogP contribution in [0.3, 0.4) is 0 Å². The van der Waals surface area contributed by atoms with Gasteiger partial charge in [0.05, 0.1) is 18.4 Å². The van der Waals surface area contributed by atoms with Crippen LogP contribution in [0.1, 0.15) is 15.9 Å². The van der Waals surface area contributed by atoms with Crippen LogP contribution in [0.5, 0.6) is 0 Å². The van der Waals surface area contributed by atoms with E-state index in [1.807, 2.05) is 6.07 Å². The molecule has 0 atom stereocenters. The largest absolute Gasteiger partial charge is 0.465 e. The van der Waals surface area contributed by atoms with Crippen molar-refractivity contribution in [2.24, 2.45) is 0 Å². The van der Waals surface area contributed by atoms with E-state index >= 15 is 0 Å². The highest BCUT2D eigenvalue weighted by Gasteiger charge is 2.12. The highest BCUT2D eigenvalue weighted by molar-refractivity contribution is 6.35. The van der Waals surface area contributed by atoms with E-state index in [1.54, 1.807) is 30.3 Å². The van der Waals surface area contributed by atoms with Crippen molar-refractivity contribution < 1.29 is 9.53 Å². The summed E-state index contributed by atoms with van der Waals surface area (Å²) in [5.74, 6) is -0.434. The molecule has 0 heterocycles. The Hall–Kier alpha value is -1.42. The fraction of sp³-hybridized carbons (Fsp3) is 0.133. The Kier molecular flexibility index (Phi) is 5.34. The van der Waals surface area contributed by atoms with Gasteiger partial charge in [-0.25, -0.2) is 4.79 Å². The Morgan fingerprint density at radius 1 is 1.10 bits per heavy atom. The number of rotatable bonds is 4. The van der Waals surface area contributed by atoms with Gasteiger partial charge in [-0.1, -0.05) is 40.9 Å². The lowest BCUT2D eigenvalue weighted by atomic mass is 10.1. The number of methoxy groups -OCH3 is 1. The molecule has 0 radical (unpaired) electrons. The van der Waals surface area contributed by atoms with Crippen LogP contribution in [0, 0.1) is 0 Å². The Morgan fingerprint density at radius 3 is 2.43 bits per heavy atom. The molecule has 2 rings (SSSR count).